The molecule has 0 radical (unpaired) electrons. The first-order chi connectivity index (χ1) is 18.3. The zero-order valence-corrected chi connectivity index (χ0v) is 22.4. The van der Waals surface area contributed by atoms with Crippen molar-refractivity contribution in [1.82, 2.24) is 19.0 Å². The largest absolute Gasteiger partial charge is 0.493 e. The average molecular weight is 566 g/mol. The molecule has 0 amide bonds. The van der Waals surface area contributed by atoms with E-state index in [2.05, 4.69) is 20.0 Å². The predicted molar refractivity (Wildman–Crippen MR) is 142 cm³/mol. The number of morpholine rings is 1. The van der Waals surface area contributed by atoms with Gasteiger partial charge in [-0.15, -0.1) is 0 Å². The molecule has 10 nitrogen and oxygen atoms in total. The molecular weight excluding hydrogens is 537 g/mol. The maximum atomic E-state index is 13.6. The molecule has 1 saturated heterocycles. The Hall–Kier alpha value is -2.77. The van der Waals surface area contributed by atoms with E-state index in [-0.39, 0.29) is 17.2 Å². The first kappa shape index (κ1) is 26.8. The average Bonchev–Trinajstić information content (AvgIpc) is 2.92. The van der Waals surface area contributed by atoms with Gasteiger partial charge in [0, 0.05) is 36.3 Å². The molecule has 204 valence electrons. The summed E-state index contributed by atoms with van der Waals surface area (Å²) in [7, 11) is -1.98. The van der Waals surface area contributed by atoms with Crippen LogP contribution in [-0.2, 0) is 14.9 Å². The fourth-order valence-corrected chi connectivity index (χ4v) is 6.29. The van der Waals surface area contributed by atoms with Gasteiger partial charge in [0.25, 0.3) is 10.2 Å². The fraction of sp³-hybridized carbons (Fsp3) is 0.440. The van der Waals surface area contributed by atoms with Gasteiger partial charge in [0.05, 0.1) is 37.0 Å². The Bertz CT molecular complexity index is 1400. The summed E-state index contributed by atoms with van der Waals surface area (Å²) in [4.78, 5) is 8.69. The summed E-state index contributed by atoms with van der Waals surface area (Å²) in [5.41, 5.74) is 1.22. The van der Waals surface area contributed by atoms with Gasteiger partial charge in [-0.3, -0.25) is 0 Å². The van der Waals surface area contributed by atoms with Gasteiger partial charge in [-0.25, -0.2) is 14.4 Å². The number of fused-ring (bicyclic) bond motifs is 1. The highest BCUT2D eigenvalue weighted by molar-refractivity contribution is 7.87. The summed E-state index contributed by atoms with van der Waals surface area (Å²) in [5, 5.41) is 3.85. The number of ether oxygens (including phenoxy) is 3. The van der Waals surface area contributed by atoms with Crippen LogP contribution in [0.3, 0.4) is 0 Å². The quantitative estimate of drug-likeness (QED) is 0.421. The molecule has 0 spiro atoms. The van der Waals surface area contributed by atoms with Crippen molar-refractivity contribution in [2.45, 2.75) is 37.8 Å². The Balaban J connectivity index is 1.28. The minimum Gasteiger partial charge on any atom is -0.493 e. The van der Waals surface area contributed by atoms with Crippen molar-refractivity contribution in [3.05, 3.63) is 47.5 Å². The zero-order chi connectivity index (χ0) is 26.7. The Morgan fingerprint density at radius 3 is 2.55 bits per heavy atom. The molecule has 2 N–H and O–H groups in total. The van der Waals surface area contributed by atoms with E-state index in [0.29, 0.717) is 85.9 Å². The molecule has 2 fully saturated rings. The third kappa shape index (κ3) is 6.10. The fourth-order valence-electron chi connectivity index (χ4n) is 4.68. The highest BCUT2D eigenvalue weighted by Crippen LogP contribution is 2.37. The van der Waals surface area contributed by atoms with Crippen LogP contribution in [-0.4, -0.2) is 68.2 Å². The number of hydrogen-bond donors (Lipinski definition) is 2. The minimum atomic E-state index is -3.54. The summed E-state index contributed by atoms with van der Waals surface area (Å²) in [5.74, 6) is 1.06. The third-order valence-electron chi connectivity index (χ3n) is 6.70. The monoisotopic (exact) mass is 565 g/mol. The molecule has 1 aromatic heterocycles. The van der Waals surface area contributed by atoms with Gasteiger partial charge >= 0.3 is 0 Å². The van der Waals surface area contributed by atoms with Gasteiger partial charge in [0.15, 0.2) is 11.5 Å². The van der Waals surface area contributed by atoms with Crippen LogP contribution in [0.15, 0.2) is 36.7 Å². The van der Waals surface area contributed by atoms with Crippen LogP contribution in [0.4, 0.5) is 15.9 Å². The maximum absolute atomic E-state index is 13.6. The van der Waals surface area contributed by atoms with Crippen molar-refractivity contribution in [3.8, 4) is 11.5 Å². The number of rotatable bonds is 8. The standard InChI is InChI=1S/C25H29ClFN5O5S/c1-35-23-14-22-19(25(29-15-28-22)30-17-4-7-21(27)20(26)12-17)13-24(23)37-18-5-2-16(3-6-18)31-38(33,34)32-8-10-36-11-9-32/h4,7,12-16,18,31H,2-3,5-6,8-11H2,1H3,(H,28,29,30). The normalized spacial score (nSPS) is 20.8. The molecule has 2 heterocycles. The lowest BCUT2D eigenvalue weighted by atomic mass is 9.93. The molecule has 0 unspecified atom stereocenters. The van der Waals surface area contributed by atoms with Crippen molar-refractivity contribution in [2.24, 2.45) is 0 Å². The molecule has 38 heavy (non-hydrogen) atoms. The van der Waals surface area contributed by atoms with E-state index in [1.54, 1.807) is 19.2 Å². The topological polar surface area (TPSA) is 115 Å². The smallest absolute Gasteiger partial charge is 0.279 e. The summed E-state index contributed by atoms with van der Waals surface area (Å²) >= 11 is 5.93. The lowest BCUT2D eigenvalue weighted by Gasteiger charge is -2.32. The van der Waals surface area contributed by atoms with Crippen molar-refractivity contribution < 1.29 is 27.0 Å². The lowest BCUT2D eigenvalue weighted by Crippen LogP contribution is -2.50. The van der Waals surface area contributed by atoms with E-state index in [4.69, 9.17) is 25.8 Å². The predicted octanol–water partition coefficient (Wildman–Crippen LogP) is 4.03. The molecule has 13 heteroatoms. The SMILES string of the molecule is COc1cc2ncnc(Nc3ccc(F)c(Cl)c3)c2cc1OC1CCC(NS(=O)(=O)N2CCOCC2)CC1. The molecule has 2 aromatic carbocycles. The van der Waals surface area contributed by atoms with E-state index < -0.39 is 16.0 Å². The Kier molecular flexibility index (Phi) is 8.15. The minimum absolute atomic E-state index is 0.00175. The van der Waals surface area contributed by atoms with Gasteiger partial charge in [0.1, 0.15) is 18.0 Å². The number of methoxy groups -OCH3 is 1. The van der Waals surface area contributed by atoms with Gasteiger partial charge in [-0.05, 0) is 49.9 Å². The highest BCUT2D eigenvalue weighted by Gasteiger charge is 2.30. The second-order valence-electron chi connectivity index (χ2n) is 9.22. The summed E-state index contributed by atoms with van der Waals surface area (Å²) in [6, 6.07) is 7.78. The van der Waals surface area contributed by atoms with Crippen molar-refractivity contribution in [3.63, 3.8) is 0 Å². The van der Waals surface area contributed by atoms with E-state index in [0.717, 1.165) is 0 Å². The number of benzene rings is 2. The number of anilines is 2. The number of aromatic nitrogens is 2. The van der Waals surface area contributed by atoms with Crippen molar-refractivity contribution in [1.29, 1.82) is 0 Å². The molecule has 2 aliphatic rings. The Labute approximate surface area is 225 Å². The molecule has 1 aliphatic heterocycles. The number of hydrogen-bond acceptors (Lipinski definition) is 8. The third-order valence-corrected chi connectivity index (χ3v) is 8.66. The van der Waals surface area contributed by atoms with Crippen LogP contribution < -0.4 is 19.5 Å². The number of halogens is 2. The van der Waals surface area contributed by atoms with Crippen molar-refractivity contribution in [2.75, 3.05) is 38.7 Å². The summed E-state index contributed by atoms with van der Waals surface area (Å²) < 4.78 is 60.4. The lowest BCUT2D eigenvalue weighted by molar-refractivity contribution is 0.0719. The summed E-state index contributed by atoms with van der Waals surface area (Å²) in [6.45, 7) is 1.55. The van der Waals surface area contributed by atoms with Crippen LogP contribution in [0.25, 0.3) is 10.9 Å². The van der Waals surface area contributed by atoms with Gasteiger partial charge in [-0.1, -0.05) is 11.6 Å². The zero-order valence-electron chi connectivity index (χ0n) is 20.8. The van der Waals surface area contributed by atoms with Crippen molar-refractivity contribution >= 4 is 44.2 Å². The Morgan fingerprint density at radius 2 is 1.84 bits per heavy atom. The van der Waals surface area contributed by atoms with Crippen LogP contribution in [0.2, 0.25) is 5.02 Å². The second kappa shape index (κ2) is 11.5. The van der Waals surface area contributed by atoms with E-state index in [1.807, 2.05) is 6.07 Å². The van der Waals surface area contributed by atoms with Crippen LogP contribution in [0.1, 0.15) is 25.7 Å². The maximum Gasteiger partial charge on any atom is 0.279 e. The molecular formula is C25H29ClFN5O5S. The van der Waals surface area contributed by atoms with Crippen LogP contribution in [0.5, 0.6) is 11.5 Å². The van der Waals surface area contributed by atoms with Gasteiger partial charge in [0.2, 0.25) is 0 Å². The molecule has 3 aromatic rings. The molecule has 0 bridgehead atoms. The first-order valence-electron chi connectivity index (χ1n) is 12.4. The van der Waals surface area contributed by atoms with Gasteiger partial charge < -0.3 is 19.5 Å². The van der Waals surface area contributed by atoms with Gasteiger partial charge in [-0.2, -0.15) is 17.4 Å². The summed E-state index contributed by atoms with van der Waals surface area (Å²) in [6.07, 6.45) is 4.00. The van der Waals surface area contributed by atoms with E-state index in [9.17, 15) is 12.8 Å². The molecule has 5 rings (SSSR count). The molecule has 0 atom stereocenters. The van der Waals surface area contributed by atoms with Crippen LogP contribution >= 0.6 is 11.6 Å². The van der Waals surface area contributed by atoms with Crippen LogP contribution in [0, 0.1) is 5.82 Å². The number of nitrogens with zero attached hydrogens (tertiary/aromatic N) is 3. The highest BCUT2D eigenvalue weighted by atomic mass is 35.5. The number of nitrogens with one attached hydrogen (secondary N) is 2. The molecule has 1 saturated carbocycles. The second-order valence-corrected chi connectivity index (χ2v) is 11.3. The van der Waals surface area contributed by atoms with E-state index in [1.165, 1.54) is 22.8 Å². The van der Waals surface area contributed by atoms with E-state index >= 15 is 0 Å². The first-order valence-corrected chi connectivity index (χ1v) is 14.2. The Morgan fingerprint density at radius 1 is 1.08 bits per heavy atom. The molecule has 1 aliphatic carbocycles.